The van der Waals surface area contributed by atoms with Gasteiger partial charge in [-0.05, 0) is 54.4 Å². The van der Waals surface area contributed by atoms with E-state index >= 15 is 0 Å². The molecule has 0 saturated carbocycles. The predicted octanol–water partition coefficient (Wildman–Crippen LogP) is 5.51. The Balaban J connectivity index is 1.47. The second-order valence-electron chi connectivity index (χ2n) is 9.24. The summed E-state index contributed by atoms with van der Waals surface area (Å²) >= 11 is 12.1. The lowest BCUT2D eigenvalue weighted by Gasteiger charge is -2.30. The molecule has 4 rings (SSSR count). The van der Waals surface area contributed by atoms with Crippen molar-refractivity contribution in [3.8, 4) is 0 Å². The molecule has 0 atom stereocenters. The van der Waals surface area contributed by atoms with Crippen LogP contribution in [0.4, 0.5) is 14.9 Å². The van der Waals surface area contributed by atoms with Gasteiger partial charge in [0.05, 0.1) is 36.1 Å². The zero-order chi connectivity index (χ0) is 27.6. The van der Waals surface area contributed by atoms with Crippen LogP contribution in [0.3, 0.4) is 0 Å². The number of carbonyl (C=O) groups is 2. The van der Waals surface area contributed by atoms with Crippen LogP contribution >= 0.6 is 23.2 Å². The van der Waals surface area contributed by atoms with E-state index in [1.165, 1.54) is 17.0 Å². The summed E-state index contributed by atoms with van der Waals surface area (Å²) in [6, 6.07) is 13.9. The number of amides is 3. The van der Waals surface area contributed by atoms with Crippen LogP contribution in [-0.4, -0.2) is 72.6 Å². The highest BCUT2D eigenvalue weighted by molar-refractivity contribution is 6.42. The summed E-state index contributed by atoms with van der Waals surface area (Å²) in [6.45, 7) is 4.47. The van der Waals surface area contributed by atoms with Crippen molar-refractivity contribution in [1.29, 1.82) is 0 Å². The first-order chi connectivity index (χ1) is 18.9. The normalized spacial score (nSPS) is 13.7. The summed E-state index contributed by atoms with van der Waals surface area (Å²) in [5, 5.41) is 3.51. The third-order valence-corrected chi connectivity index (χ3v) is 7.10. The number of rotatable bonds is 11. The maximum absolute atomic E-state index is 13.6. The molecule has 0 radical (unpaired) electrons. The first-order valence-corrected chi connectivity index (χ1v) is 13.5. The molecule has 1 N–H and O–H groups in total. The lowest BCUT2D eigenvalue weighted by Crippen LogP contribution is -2.45. The number of ether oxygens (including phenoxy) is 1. The van der Waals surface area contributed by atoms with Gasteiger partial charge in [0.25, 0.3) is 0 Å². The summed E-state index contributed by atoms with van der Waals surface area (Å²) < 4.78 is 24.3. The van der Waals surface area contributed by atoms with Gasteiger partial charge in [0.1, 0.15) is 18.1 Å². The van der Waals surface area contributed by atoms with Crippen LogP contribution in [0.5, 0.6) is 0 Å². The van der Waals surface area contributed by atoms with Crippen molar-refractivity contribution in [3.63, 3.8) is 0 Å². The number of nitrogens with one attached hydrogen (secondary N) is 1. The molecule has 3 aromatic rings. The topological polar surface area (TPSA) is 78.3 Å². The molecule has 2 heterocycles. The molecule has 1 fully saturated rings. The van der Waals surface area contributed by atoms with Crippen LogP contribution in [-0.2, 0) is 22.6 Å². The van der Waals surface area contributed by atoms with Gasteiger partial charge in [0.2, 0.25) is 5.91 Å². The highest BCUT2D eigenvalue weighted by atomic mass is 35.5. The van der Waals surface area contributed by atoms with Gasteiger partial charge in [-0.2, -0.15) is 0 Å². The largest absolute Gasteiger partial charge is 0.467 e. The molecule has 2 aromatic carbocycles. The number of anilines is 1. The Morgan fingerprint density at radius 1 is 0.974 bits per heavy atom. The first kappa shape index (κ1) is 28.9. The fourth-order valence-corrected chi connectivity index (χ4v) is 4.53. The fraction of sp³-hybridized carbons (Fsp3) is 0.357. The maximum Gasteiger partial charge on any atom is 0.322 e. The third kappa shape index (κ3) is 8.96. The van der Waals surface area contributed by atoms with Crippen LogP contribution in [0.25, 0.3) is 0 Å². The van der Waals surface area contributed by atoms with E-state index in [4.69, 9.17) is 32.4 Å². The average molecular weight is 577 g/mol. The highest BCUT2D eigenvalue weighted by Gasteiger charge is 2.23. The molecule has 3 amide bonds. The van der Waals surface area contributed by atoms with Crippen molar-refractivity contribution in [2.75, 3.05) is 51.3 Å². The second kappa shape index (κ2) is 14.3. The minimum atomic E-state index is -0.427. The minimum Gasteiger partial charge on any atom is -0.467 e. The Morgan fingerprint density at radius 2 is 1.74 bits per heavy atom. The second-order valence-corrected chi connectivity index (χ2v) is 10.1. The first-order valence-electron chi connectivity index (χ1n) is 12.7. The fourth-order valence-electron chi connectivity index (χ4n) is 4.24. The van der Waals surface area contributed by atoms with Crippen molar-refractivity contribution >= 4 is 40.8 Å². The molecule has 208 valence electrons. The standard InChI is InChI=1S/C28H31Cl2FN4O4/c29-25-9-8-23(17-26(25)30)32-28(37)34(11-2-10-33-12-15-38-16-13-33)20-27(36)35(19-24-3-1-14-39-24)18-21-4-6-22(31)7-5-21/h1,3-9,14,17H,2,10-13,15-16,18-20H2,(H,32,37). The van der Waals surface area contributed by atoms with E-state index in [1.807, 2.05) is 0 Å². The maximum atomic E-state index is 13.6. The van der Waals surface area contributed by atoms with Gasteiger partial charge in [-0.25, -0.2) is 9.18 Å². The zero-order valence-corrected chi connectivity index (χ0v) is 23.0. The molecule has 1 aromatic heterocycles. The summed E-state index contributed by atoms with van der Waals surface area (Å²) in [6.07, 6.45) is 2.22. The molecule has 0 bridgehead atoms. The van der Waals surface area contributed by atoms with Crippen LogP contribution in [0.2, 0.25) is 10.0 Å². The van der Waals surface area contributed by atoms with Crippen LogP contribution in [0, 0.1) is 5.82 Å². The Bertz CT molecular complexity index is 1220. The van der Waals surface area contributed by atoms with Crippen molar-refractivity contribution < 1.29 is 23.1 Å². The van der Waals surface area contributed by atoms with E-state index in [0.29, 0.717) is 47.7 Å². The Morgan fingerprint density at radius 3 is 2.44 bits per heavy atom. The number of urea groups is 1. The summed E-state index contributed by atoms with van der Waals surface area (Å²) in [5.74, 6) is -0.0240. The van der Waals surface area contributed by atoms with E-state index in [9.17, 15) is 14.0 Å². The molecule has 1 aliphatic rings. The van der Waals surface area contributed by atoms with Gasteiger partial charge in [0, 0.05) is 38.4 Å². The lowest BCUT2D eigenvalue weighted by atomic mass is 10.2. The third-order valence-electron chi connectivity index (χ3n) is 6.36. The van der Waals surface area contributed by atoms with Gasteiger partial charge >= 0.3 is 6.03 Å². The Kier molecular flexibility index (Phi) is 10.6. The van der Waals surface area contributed by atoms with E-state index < -0.39 is 6.03 Å². The van der Waals surface area contributed by atoms with Gasteiger partial charge in [-0.15, -0.1) is 0 Å². The number of morpholine rings is 1. The molecule has 0 unspecified atom stereocenters. The minimum absolute atomic E-state index is 0.155. The van der Waals surface area contributed by atoms with Crippen LogP contribution in [0.1, 0.15) is 17.7 Å². The molecule has 1 aliphatic heterocycles. The molecule has 0 aliphatic carbocycles. The monoisotopic (exact) mass is 576 g/mol. The smallest absolute Gasteiger partial charge is 0.322 e. The number of halogens is 3. The number of carbonyl (C=O) groups excluding carboxylic acids is 2. The molecule has 11 heteroatoms. The van der Waals surface area contributed by atoms with Crippen molar-refractivity contribution in [2.24, 2.45) is 0 Å². The van der Waals surface area contributed by atoms with Gasteiger partial charge in [-0.1, -0.05) is 35.3 Å². The highest BCUT2D eigenvalue weighted by Crippen LogP contribution is 2.25. The summed E-state index contributed by atoms with van der Waals surface area (Å²) in [7, 11) is 0. The predicted molar refractivity (Wildman–Crippen MR) is 148 cm³/mol. The SMILES string of the molecule is O=C(CN(CCCN1CCOCC1)C(=O)Nc1ccc(Cl)c(Cl)c1)N(Cc1ccc(F)cc1)Cc1ccco1. The Labute approximate surface area is 237 Å². The molecular formula is C28H31Cl2FN4O4. The lowest BCUT2D eigenvalue weighted by molar-refractivity contribution is -0.133. The molecule has 39 heavy (non-hydrogen) atoms. The van der Waals surface area contributed by atoms with Gasteiger partial charge in [-0.3, -0.25) is 9.69 Å². The summed E-state index contributed by atoms with van der Waals surface area (Å²) in [5.41, 5.74) is 1.23. The molecule has 1 saturated heterocycles. The van der Waals surface area contributed by atoms with Crippen molar-refractivity contribution in [3.05, 3.63) is 88.0 Å². The van der Waals surface area contributed by atoms with Gasteiger partial charge < -0.3 is 24.3 Å². The zero-order valence-electron chi connectivity index (χ0n) is 21.5. The van der Waals surface area contributed by atoms with E-state index in [1.54, 1.807) is 53.6 Å². The number of benzene rings is 2. The molecule has 8 nitrogen and oxygen atoms in total. The van der Waals surface area contributed by atoms with Gasteiger partial charge in [0.15, 0.2) is 0 Å². The number of hydrogen-bond donors (Lipinski definition) is 1. The molecule has 0 spiro atoms. The number of hydrogen-bond acceptors (Lipinski definition) is 5. The van der Waals surface area contributed by atoms with Crippen molar-refractivity contribution in [1.82, 2.24) is 14.7 Å². The number of furan rings is 1. The average Bonchev–Trinajstić information content (AvgIpc) is 3.45. The van der Waals surface area contributed by atoms with E-state index in [2.05, 4.69) is 10.2 Å². The van der Waals surface area contributed by atoms with Crippen LogP contribution in [0.15, 0.2) is 65.3 Å². The quantitative estimate of drug-likeness (QED) is 0.325. The Hall–Kier alpha value is -3.11. The number of nitrogens with zero attached hydrogens (tertiary/aromatic N) is 3. The summed E-state index contributed by atoms with van der Waals surface area (Å²) in [4.78, 5) is 32.3. The molecular weight excluding hydrogens is 546 g/mol. The van der Waals surface area contributed by atoms with Crippen LogP contribution < -0.4 is 5.32 Å². The van der Waals surface area contributed by atoms with E-state index in [0.717, 1.165) is 25.2 Å². The van der Waals surface area contributed by atoms with Crippen molar-refractivity contribution in [2.45, 2.75) is 19.5 Å². The van der Waals surface area contributed by atoms with E-state index in [-0.39, 0.29) is 31.4 Å².